The highest BCUT2D eigenvalue weighted by Crippen LogP contribution is 2.27. The molecule has 0 aliphatic rings. The SMILES string of the molecule is CN(Cc1ccc(Br)cc1)c1ccc([N+](=O)[O-])c(N)c1. The Hall–Kier alpha value is -2.08. The summed E-state index contributed by atoms with van der Waals surface area (Å²) in [6.45, 7) is 0.699. The molecule has 0 unspecified atom stereocenters. The standard InChI is InChI=1S/C14H14BrN3O2/c1-17(9-10-2-4-11(15)5-3-10)12-6-7-14(18(19)20)13(16)8-12/h2-8H,9,16H2,1H3. The number of hydrogen-bond acceptors (Lipinski definition) is 4. The molecule has 0 aliphatic heterocycles. The zero-order valence-electron chi connectivity index (χ0n) is 10.9. The van der Waals surface area contributed by atoms with E-state index in [0.717, 1.165) is 15.7 Å². The first-order chi connectivity index (χ1) is 9.47. The van der Waals surface area contributed by atoms with Crippen LogP contribution in [0.5, 0.6) is 0 Å². The van der Waals surface area contributed by atoms with Crippen molar-refractivity contribution in [3.63, 3.8) is 0 Å². The summed E-state index contributed by atoms with van der Waals surface area (Å²) in [6, 6.07) is 12.8. The van der Waals surface area contributed by atoms with Gasteiger partial charge in [-0.1, -0.05) is 28.1 Å². The van der Waals surface area contributed by atoms with Crippen LogP contribution in [0.1, 0.15) is 5.56 Å². The van der Waals surface area contributed by atoms with Gasteiger partial charge in [0.05, 0.1) is 4.92 Å². The van der Waals surface area contributed by atoms with Gasteiger partial charge in [-0.2, -0.15) is 0 Å². The minimum Gasteiger partial charge on any atom is -0.393 e. The van der Waals surface area contributed by atoms with E-state index in [-0.39, 0.29) is 11.4 Å². The Morgan fingerprint density at radius 2 is 1.90 bits per heavy atom. The lowest BCUT2D eigenvalue weighted by atomic mass is 10.2. The topological polar surface area (TPSA) is 72.4 Å². The molecule has 0 heterocycles. The number of rotatable bonds is 4. The number of anilines is 2. The molecule has 0 aliphatic carbocycles. The molecule has 0 fully saturated rings. The minimum atomic E-state index is -0.478. The van der Waals surface area contributed by atoms with E-state index >= 15 is 0 Å². The average Bonchev–Trinajstić information content (AvgIpc) is 2.40. The Morgan fingerprint density at radius 1 is 1.25 bits per heavy atom. The van der Waals surface area contributed by atoms with Gasteiger partial charge in [0.1, 0.15) is 5.69 Å². The van der Waals surface area contributed by atoms with Crippen molar-refractivity contribution in [2.24, 2.45) is 0 Å². The van der Waals surface area contributed by atoms with Crippen LogP contribution in [-0.4, -0.2) is 12.0 Å². The van der Waals surface area contributed by atoms with Crippen LogP contribution in [0.4, 0.5) is 17.1 Å². The Bertz CT molecular complexity index is 629. The lowest BCUT2D eigenvalue weighted by Crippen LogP contribution is -2.16. The van der Waals surface area contributed by atoms with Crippen LogP contribution in [-0.2, 0) is 6.54 Å². The van der Waals surface area contributed by atoms with Crippen LogP contribution in [0.25, 0.3) is 0 Å². The van der Waals surface area contributed by atoms with Crippen LogP contribution >= 0.6 is 15.9 Å². The van der Waals surface area contributed by atoms with Crippen molar-refractivity contribution in [1.29, 1.82) is 0 Å². The van der Waals surface area contributed by atoms with Crippen molar-refractivity contribution < 1.29 is 4.92 Å². The monoisotopic (exact) mass is 335 g/mol. The molecule has 0 radical (unpaired) electrons. The summed E-state index contributed by atoms with van der Waals surface area (Å²) in [5, 5.41) is 10.7. The Kier molecular flexibility index (Phi) is 4.24. The lowest BCUT2D eigenvalue weighted by Gasteiger charge is -2.19. The number of halogens is 1. The molecule has 2 aromatic rings. The number of hydrogen-bond donors (Lipinski definition) is 1. The first kappa shape index (κ1) is 14.3. The maximum Gasteiger partial charge on any atom is 0.292 e. The van der Waals surface area contributed by atoms with Crippen LogP contribution < -0.4 is 10.6 Å². The summed E-state index contributed by atoms with van der Waals surface area (Å²) >= 11 is 3.39. The molecule has 20 heavy (non-hydrogen) atoms. The zero-order valence-corrected chi connectivity index (χ0v) is 12.5. The van der Waals surface area contributed by atoms with Crippen LogP contribution in [0.3, 0.4) is 0 Å². The second kappa shape index (κ2) is 5.92. The van der Waals surface area contributed by atoms with Gasteiger partial charge in [0.2, 0.25) is 0 Å². The predicted octanol–water partition coefficient (Wildman–Crippen LogP) is 3.58. The molecule has 0 spiro atoms. The third kappa shape index (κ3) is 3.27. The number of nitrogen functional groups attached to an aromatic ring is 1. The Balaban J connectivity index is 2.17. The molecule has 0 bridgehead atoms. The van der Waals surface area contributed by atoms with Gasteiger partial charge >= 0.3 is 0 Å². The highest BCUT2D eigenvalue weighted by Gasteiger charge is 2.12. The number of nitrogens with two attached hydrogens (primary N) is 1. The van der Waals surface area contributed by atoms with Crippen molar-refractivity contribution in [1.82, 2.24) is 0 Å². The average molecular weight is 336 g/mol. The van der Waals surface area contributed by atoms with E-state index in [1.165, 1.54) is 6.07 Å². The van der Waals surface area contributed by atoms with E-state index in [1.807, 2.05) is 36.2 Å². The first-order valence-corrected chi connectivity index (χ1v) is 6.76. The maximum atomic E-state index is 10.7. The molecule has 2 rings (SSSR count). The van der Waals surface area contributed by atoms with E-state index in [9.17, 15) is 10.1 Å². The molecule has 2 N–H and O–H groups in total. The van der Waals surface area contributed by atoms with Crippen molar-refractivity contribution in [3.05, 3.63) is 62.6 Å². The molecule has 2 aromatic carbocycles. The number of nitro benzene ring substituents is 1. The fraction of sp³-hybridized carbons (Fsp3) is 0.143. The van der Waals surface area contributed by atoms with E-state index < -0.39 is 4.92 Å². The third-order valence-electron chi connectivity index (χ3n) is 2.98. The largest absolute Gasteiger partial charge is 0.393 e. The van der Waals surface area contributed by atoms with Crippen molar-refractivity contribution in [2.75, 3.05) is 17.7 Å². The fourth-order valence-corrected chi connectivity index (χ4v) is 2.16. The smallest absolute Gasteiger partial charge is 0.292 e. The van der Waals surface area contributed by atoms with Crippen LogP contribution in [0.2, 0.25) is 0 Å². The van der Waals surface area contributed by atoms with Gasteiger partial charge in [-0.25, -0.2) is 0 Å². The normalized spacial score (nSPS) is 10.3. The molecule has 0 saturated carbocycles. The second-order valence-electron chi connectivity index (χ2n) is 4.48. The molecule has 6 heteroatoms. The molecular formula is C14H14BrN3O2. The fourth-order valence-electron chi connectivity index (χ4n) is 1.90. The van der Waals surface area contributed by atoms with E-state index in [2.05, 4.69) is 15.9 Å². The molecule has 0 saturated heterocycles. The van der Waals surface area contributed by atoms with E-state index in [1.54, 1.807) is 12.1 Å². The minimum absolute atomic E-state index is 0.0641. The summed E-state index contributed by atoms with van der Waals surface area (Å²) in [5.41, 5.74) is 7.80. The highest BCUT2D eigenvalue weighted by atomic mass is 79.9. The summed E-state index contributed by atoms with van der Waals surface area (Å²) in [7, 11) is 1.92. The predicted molar refractivity (Wildman–Crippen MR) is 83.8 cm³/mol. The van der Waals surface area contributed by atoms with Crippen LogP contribution in [0, 0.1) is 10.1 Å². The second-order valence-corrected chi connectivity index (χ2v) is 5.40. The van der Waals surface area contributed by atoms with E-state index in [4.69, 9.17) is 5.73 Å². The van der Waals surface area contributed by atoms with Gasteiger partial charge < -0.3 is 10.6 Å². The van der Waals surface area contributed by atoms with Gasteiger partial charge in [0, 0.05) is 29.8 Å². The Morgan fingerprint density at radius 3 is 2.45 bits per heavy atom. The van der Waals surface area contributed by atoms with Crippen molar-refractivity contribution >= 4 is 33.0 Å². The van der Waals surface area contributed by atoms with Gasteiger partial charge in [0.15, 0.2) is 0 Å². The molecule has 0 atom stereocenters. The summed E-state index contributed by atoms with van der Waals surface area (Å²) in [5.74, 6) is 0. The van der Waals surface area contributed by atoms with Gasteiger partial charge in [-0.05, 0) is 29.8 Å². The van der Waals surface area contributed by atoms with Gasteiger partial charge in [0.25, 0.3) is 5.69 Å². The number of benzene rings is 2. The lowest BCUT2D eigenvalue weighted by molar-refractivity contribution is -0.383. The summed E-state index contributed by atoms with van der Waals surface area (Å²) < 4.78 is 1.03. The molecule has 104 valence electrons. The molecule has 5 nitrogen and oxygen atoms in total. The molecular weight excluding hydrogens is 322 g/mol. The van der Waals surface area contributed by atoms with Gasteiger partial charge in [-0.15, -0.1) is 0 Å². The van der Waals surface area contributed by atoms with E-state index in [0.29, 0.717) is 6.54 Å². The van der Waals surface area contributed by atoms with Crippen LogP contribution in [0.15, 0.2) is 46.9 Å². The Labute approximate surface area is 125 Å². The van der Waals surface area contributed by atoms with Crippen molar-refractivity contribution in [2.45, 2.75) is 6.54 Å². The van der Waals surface area contributed by atoms with Crippen molar-refractivity contribution in [3.8, 4) is 0 Å². The third-order valence-corrected chi connectivity index (χ3v) is 3.51. The highest BCUT2D eigenvalue weighted by molar-refractivity contribution is 9.10. The number of nitrogens with zero attached hydrogens (tertiary/aromatic N) is 2. The molecule has 0 amide bonds. The summed E-state index contributed by atoms with van der Waals surface area (Å²) in [4.78, 5) is 12.2. The molecule has 0 aromatic heterocycles. The number of nitro groups is 1. The van der Waals surface area contributed by atoms with Gasteiger partial charge in [-0.3, -0.25) is 10.1 Å². The zero-order chi connectivity index (χ0) is 14.7. The maximum absolute atomic E-state index is 10.7. The first-order valence-electron chi connectivity index (χ1n) is 5.97. The quantitative estimate of drug-likeness (QED) is 0.526. The summed E-state index contributed by atoms with van der Waals surface area (Å²) in [6.07, 6.45) is 0.